The third-order valence-electron chi connectivity index (χ3n) is 3.22. The van der Waals surface area contributed by atoms with E-state index >= 15 is 0 Å². The average molecular weight is 318 g/mol. The molecule has 3 unspecified atom stereocenters. The minimum atomic E-state index is -1.44. The van der Waals surface area contributed by atoms with Crippen molar-refractivity contribution in [2.75, 3.05) is 0 Å². The Bertz CT molecular complexity index is 401. The van der Waals surface area contributed by atoms with Crippen molar-refractivity contribution < 1.29 is 0 Å². The smallest absolute Gasteiger partial charge is 0.0784 e. The molecule has 1 heterocycles. The Labute approximate surface area is 128 Å². The molecule has 0 saturated carbocycles. The normalized spacial score (nSPS) is 32.2. The number of rotatable bonds is 0. The predicted octanol–water partition coefficient (Wildman–Crippen LogP) is 6.92. The first-order valence-electron chi connectivity index (χ1n) is 7.69. The van der Waals surface area contributed by atoms with Crippen molar-refractivity contribution in [1.82, 2.24) is 4.44 Å². The van der Waals surface area contributed by atoms with Gasteiger partial charge in [0.2, 0.25) is 0 Å². The van der Waals surface area contributed by atoms with Crippen LogP contribution < -0.4 is 0 Å². The number of hydrogen-bond donors (Lipinski definition) is 0. The molecule has 2 nitrogen and oxygen atoms in total. The van der Waals surface area contributed by atoms with Gasteiger partial charge in [-0.25, -0.2) is 4.44 Å². The molecule has 0 spiro atoms. The Morgan fingerprint density at radius 1 is 0.750 bits per heavy atom. The van der Waals surface area contributed by atoms with Gasteiger partial charge in [-0.3, -0.25) is 4.74 Å². The molecule has 0 aromatic carbocycles. The van der Waals surface area contributed by atoms with Crippen molar-refractivity contribution in [3.63, 3.8) is 0 Å². The summed E-state index contributed by atoms with van der Waals surface area (Å²) in [6, 6.07) is 0. The molecule has 0 bridgehead atoms. The Morgan fingerprint density at radius 3 is 1.30 bits per heavy atom. The van der Waals surface area contributed by atoms with Gasteiger partial charge in [-0.15, -0.1) is 0 Å². The van der Waals surface area contributed by atoms with Gasteiger partial charge in [0, 0.05) is 23.6 Å². The number of nitrogens with zero attached hydrogens (tertiary/aromatic N) is 2. The van der Waals surface area contributed by atoms with Gasteiger partial charge < -0.3 is 0 Å². The first-order chi connectivity index (χ1) is 8.45. The molecule has 0 radical (unpaired) electrons. The van der Waals surface area contributed by atoms with E-state index in [-0.39, 0.29) is 24.0 Å². The molecule has 0 amide bonds. The zero-order valence-corrected chi connectivity index (χ0v) is 17.6. The third kappa shape index (κ3) is 3.34. The molecule has 0 aliphatic carbocycles. The maximum absolute atomic E-state index is 5.49. The van der Waals surface area contributed by atoms with Crippen molar-refractivity contribution in [2.24, 2.45) is 4.74 Å². The zero-order valence-electron chi connectivity index (χ0n) is 15.8. The van der Waals surface area contributed by atoms with Gasteiger partial charge in [0.25, 0.3) is 0 Å². The molecule has 0 N–H and O–H groups in total. The molecule has 20 heavy (non-hydrogen) atoms. The summed E-state index contributed by atoms with van der Waals surface area (Å²) >= 11 is 0. The largest absolute Gasteiger partial charge is 0.276 e. The van der Waals surface area contributed by atoms with Gasteiger partial charge in [0.1, 0.15) is 0 Å². The van der Waals surface area contributed by atoms with Crippen molar-refractivity contribution >= 4 is 14.7 Å². The Morgan fingerprint density at radius 2 is 1.15 bits per heavy atom. The van der Waals surface area contributed by atoms with Gasteiger partial charge in [-0.1, -0.05) is 41.5 Å². The molecule has 1 fully saturated rings. The Kier molecular flexibility index (Phi) is 4.49. The van der Waals surface area contributed by atoms with E-state index in [1.807, 2.05) is 0 Å². The molecule has 0 aromatic rings. The quantitative estimate of drug-likeness (QED) is 0.349. The van der Waals surface area contributed by atoms with Crippen LogP contribution in [0.25, 0.3) is 0 Å². The highest BCUT2D eigenvalue weighted by Crippen LogP contribution is 3.09. The lowest BCUT2D eigenvalue weighted by molar-refractivity contribution is 0.404. The van der Waals surface area contributed by atoms with Crippen LogP contribution in [0.5, 0.6) is 0 Å². The van der Waals surface area contributed by atoms with Crippen molar-refractivity contribution in [1.29, 1.82) is 0 Å². The van der Waals surface area contributed by atoms with E-state index < -0.39 is 6.89 Å². The molecule has 1 aliphatic heterocycles. The molecule has 0 aromatic heterocycles. The summed E-state index contributed by atoms with van der Waals surface area (Å²) in [6.45, 7) is 26.9. The fourth-order valence-corrected chi connectivity index (χ4v) is 19.2. The number of hydrogen-bond acceptors (Lipinski definition) is 1. The minimum Gasteiger partial charge on any atom is -0.276 e. The van der Waals surface area contributed by atoms with Gasteiger partial charge in [-0.05, 0) is 41.5 Å². The fourth-order valence-electron chi connectivity index (χ4n) is 2.81. The second kappa shape index (κ2) is 4.81. The van der Waals surface area contributed by atoms with Crippen LogP contribution in [-0.2, 0) is 0 Å². The minimum absolute atomic E-state index is 0.0485. The molecule has 3 atom stereocenters. The predicted molar refractivity (Wildman–Crippen MR) is 97.1 cm³/mol. The van der Waals surface area contributed by atoms with E-state index in [1.54, 1.807) is 0 Å². The summed E-state index contributed by atoms with van der Waals surface area (Å²) in [5.41, 5.74) is 0.266. The summed E-state index contributed by atoms with van der Waals surface area (Å²) < 4.78 is 8.31. The van der Waals surface area contributed by atoms with Gasteiger partial charge >= 0.3 is 0 Å². The maximum atomic E-state index is 5.49. The van der Waals surface area contributed by atoms with E-state index in [1.165, 1.54) is 0 Å². The van der Waals surface area contributed by atoms with Gasteiger partial charge in [0.15, 0.2) is 0 Å². The van der Waals surface area contributed by atoms with Gasteiger partial charge in [-0.2, -0.15) is 0 Å². The first-order valence-corrected chi connectivity index (χ1v) is 11.4. The van der Waals surface area contributed by atoms with E-state index in [9.17, 15) is 0 Å². The molecule has 1 rings (SSSR count). The van der Waals surface area contributed by atoms with E-state index in [0.29, 0.717) is 5.16 Å². The van der Waals surface area contributed by atoms with E-state index in [4.69, 9.17) is 4.74 Å². The maximum Gasteiger partial charge on any atom is 0.0784 e. The summed E-state index contributed by atoms with van der Waals surface area (Å²) in [7, 11) is -0.165. The van der Waals surface area contributed by atoms with Crippen LogP contribution in [0.15, 0.2) is 4.74 Å². The molecule has 120 valence electrons. The van der Waals surface area contributed by atoms with Crippen molar-refractivity contribution in [2.45, 2.75) is 104 Å². The summed E-state index contributed by atoms with van der Waals surface area (Å²) in [6.07, 6.45) is 0. The first kappa shape index (κ1) is 18.7. The SMILES string of the molecule is CC(C)(C)N=P1(C(C)(C)C)N(C(C)(C)C)P1C(C)(C)C. The van der Waals surface area contributed by atoms with Crippen LogP contribution in [0.3, 0.4) is 0 Å². The topological polar surface area (TPSA) is 15.4 Å². The highest BCUT2D eigenvalue weighted by Gasteiger charge is 2.69. The Balaban J connectivity index is 3.58. The Hall–Kier alpha value is 0.620. The lowest BCUT2D eigenvalue weighted by atomic mass is 10.1. The lowest BCUT2D eigenvalue weighted by Crippen LogP contribution is -2.27. The van der Waals surface area contributed by atoms with Crippen LogP contribution in [0, 0.1) is 0 Å². The molecular weight excluding hydrogens is 282 g/mol. The van der Waals surface area contributed by atoms with Gasteiger partial charge in [0.05, 0.1) is 12.4 Å². The van der Waals surface area contributed by atoms with E-state index in [2.05, 4.69) is 87.5 Å². The van der Waals surface area contributed by atoms with Crippen LogP contribution >= 0.6 is 14.7 Å². The monoisotopic (exact) mass is 318 g/mol. The van der Waals surface area contributed by atoms with Crippen LogP contribution in [-0.4, -0.2) is 25.8 Å². The third-order valence-corrected chi connectivity index (χ3v) is 16.7. The summed E-state index contributed by atoms with van der Waals surface area (Å²) in [4.78, 5) is 0. The average Bonchev–Trinajstić information content (AvgIpc) is 2.67. The molecule has 1 aliphatic rings. The van der Waals surface area contributed by atoms with Crippen LogP contribution in [0.2, 0.25) is 0 Å². The standard InChI is InChI=1S/C16H36N2P2/c1-13(2,3)17-20(16(10,11)12)18(14(4,5)6)19(20)15(7,8)9/h1-12H3. The van der Waals surface area contributed by atoms with Crippen molar-refractivity contribution in [3.8, 4) is 0 Å². The summed E-state index contributed by atoms with van der Waals surface area (Å²) in [5, 5.41) is 0.616. The van der Waals surface area contributed by atoms with Crippen LogP contribution in [0.4, 0.5) is 0 Å². The van der Waals surface area contributed by atoms with E-state index in [0.717, 1.165) is 0 Å². The molecule has 1 saturated heterocycles. The lowest BCUT2D eigenvalue weighted by Gasteiger charge is -2.31. The second-order valence-electron chi connectivity index (χ2n) is 9.93. The highest BCUT2D eigenvalue weighted by atomic mass is 32.1. The van der Waals surface area contributed by atoms with Crippen molar-refractivity contribution in [3.05, 3.63) is 0 Å². The van der Waals surface area contributed by atoms with Crippen LogP contribution in [0.1, 0.15) is 83.1 Å². The highest BCUT2D eigenvalue weighted by molar-refractivity contribution is 8.47. The molecular formula is C16H36N2P2. The second-order valence-corrected chi connectivity index (χ2v) is 18.5. The molecule has 4 heteroatoms. The fraction of sp³-hybridized carbons (Fsp3) is 1.00. The zero-order chi connectivity index (χ0) is 16.4. The summed E-state index contributed by atoms with van der Waals surface area (Å²) in [5.74, 6) is 0.